The van der Waals surface area contributed by atoms with Crippen LogP contribution in [0.2, 0.25) is 0 Å². The van der Waals surface area contributed by atoms with Gasteiger partial charge in [0.2, 0.25) is 0 Å². The standard InChI is InChI=1S/C29H29FN2O2/c1-17-24-8-6-19(14-25(24)29(34-17)9-2-10-29)20-3-4-21(26(30)15-20)11-18(16-31)12-27(33)28-22-5-7-23(13-22)32-28/h3-4,6,8,14-15,18,22-23,28,32H,1-2,5,7,9-13H2/t18-,22+,23-,28+/m1/s1. The Morgan fingerprint density at radius 2 is 2.03 bits per heavy atom. The van der Waals surface area contributed by atoms with E-state index >= 15 is 4.39 Å². The summed E-state index contributed by atoms with van der Waals surface area (Å²) in [5.74, 6) is 0.378. The third-order valence-electron chi connectivity index (χ3n) is 8.48. The van der Waals surface area contributed by atoms with E-state index in [1.54, 1.807) is 12.1 Å². The zero-order valence-electron chi connectivity index (χ0n) is 19.3. The molecule has 2 heterocycles. The molecule has 6 rings (SSSR count). The molecule has 0 amide bonds. The Hall–Kier alpha value is -2.97. The molecule has 0 radical (unpaired) electrons. The second-order valence-corrected chi connectivity index (χ2v) is 10.6. The molecular formula is C29H29FN2O2. The molecule has 1 spiro atoms. The van der Waals surface area contributed by atoms with Gasteiger partial charge in [0.25, 0.3) is 0 Å². The highest BCUT2D eigenvalue weighted by Gasteiger charge is 2.47. The Kier molecular flexibility index (Phi) is 5.11. The molecular weight excluding hydrogens is 427 g/mol. The number of ketones is 1. The SMILES string of the molecule is C=C1OC2(CCC2)c2cc(-c3ccc(C[C@@H](C#N)CC(=O)[C@H]4N[C@@H]5CC[C@H]4C5)c(F)c3)ccc21. The van der Waals surface area contributed by atoms with Crippen LogP contribution in [0.4, 0.5) is 4.39 Å². The number of rotatable bonds is 6. The summed E-state index contributed by atoms with van der Waals surface area (Å²) < 4.78 is 21.2. The number of carbonyl (C=O) groups is 1. The molecule has 1 N–H and O–H groups in total. The van der Waals surface area contributed by atoms with Crippen LogP contribution in [-0.2, 0) is 21.6 Å². The van der Waals surface area contributed by atoms with Gasteiger partial charge in [-0.25, -0.2) is 4.39 Å². The van der Waals surface area contributed by atoms with Crippen LogP contribution in [0.1, 0.15) is 61.6 Å². The van der Waals surface area contributed by atoms with E-state index in [1.807, 2.05) is 18.2 Å². The normalized spacial score (nSPS) is 26.6. The number of piperidine rings is 1. The molecule has 1 saturated heterocycles. The van der Waals surface area contributed by atoms with Crippen LogP contribution in [0.3, 0.4) is 0 Å². The van der Waals surface area contributed by atoms with E-state index in [-0.39, 0.29) is 36.1 Å². The number of ether oxygens (including phenoxy) is 1. The van der Waals surface area contributed by atoms with Crippen LogP contribution in [0.5, 0.6) is 0 Å². The van der Waals surface area contributed by atoms with E-state index < -0.39 is 5.92 Å². The molecule has 0 unspecified atom stereocenters. The second kappa shape index (κ2) is 8.06. The summed E-state index contributed by atoms with van der Waals surface area (Å²) in [5, 5.41) is 13.1. The van der Waals surface area contributed by atoms with Gasteiger partial charge in [0.1, 0.15) is 17.2 Å². The van der Waals surface area contributed by atoms with E-state index in [4.69, 9.17) is 4.74 Å². The number of Topliss-reactive ketones (excluding diaryl/α,β-unsaturated/α-hetero) is 1. The lowest BCUT2D eigenvalue weighted by atomic mass is 9.74. The first-order valence-electron chi connectivity index (χ1n) is 12.5. The number of hydrogen-bond acceptors (Lipinski definition) is 4. The highest BCUT2D eigenvalue weighted by Crippen LogP contribution is 2.54. The maximum atomic E-state index is 15.1. The van der Waals surface area contributed by atoms with Gasteiger partial charge >= 0.3 is 0 Å². The summed E-state index contributed by atoms with van der Waals surface area (Å²) in [6.07, 6.45) is 6.83. The molecule has 5 heteroatoms. The van der Waals surface area contributed by atoms with E-state index in [0.29, 0.717) is 17.5 Å². The van der Waals surface area contributed by atoms with Crippen LogP contribution < -0.4 is 5.32 Å². The van der Waals surface area contributed by atoms with Crippen molar-refractivity contribution in [1.82, 2.24) is 5.32 Å². The first kappa shape index (κ1) is 21.6. The molecule has 4 aliphatic rings. The fourth-order valence-corrected chi connectivity index (χ4v) is 6.47. The van der Waals surface area contributed by atoms with Gasteiger partial charge in [0.15, 0.2) is 5.78 Å². The minimum atomic E-state index is -0.518. The van der Waals surface area contributed by atoms with Crippen LogP contribution in [-0.4, -0.2) is 17.9 Å². The highest BCUT2D eigenvalue weighted by molar-refractivity contribution is 5.85. The van der Waals surface area contributed by atoms with Crippen LogP contribution in [0.15, 0.2) is 43.0 Å². The van der Waals surface area contributed by atoms with Gasteiger partial charge in [0, 0.05) is 23.6 Å². The van der Waals surface area contributed by atoms with Gasteiger partial charge < -0.3 is 10.1 Å². The summed E-state index contributed by atoms with van der Waals surface area (Å²) in [6.45, 7) is 4.06. The Morgan fingerprint density at radius 1 is 1.24 bits per heavy atom. The minimum absolute atomic E-state index is 0.0997. The van der Waals surface area contributed by atoms with Crippen molar-refractivity contribution in [2.45, 2.75) is 69.1 Å². The summed E-state index contributed by atoms with van der Waals surface area (Å²) in [5.41, 5.74) is 4.18. The fourth-order valence-electron chi connectivity index (χ4n) is 6.47. The topological polar surface area (TPSA) is 62.1 Å². The molecule has 0 aromatic heterocycles. The molecule has 3 fully saturated rings. The third kappa shape index (κ3) is 3.47. The van der Waals surface area contributed by atoms with Crippen molar-refractivity contribution >= 4 is 11.5 Å². The number of carbonyl (C=O) groups excluding carboxylic acids is 1. The van der Waals surface area contributed by atoms with Crippen molar-refractivity contribution in [3.05, 3.63) is 65.5 Å². The van der Waals surface area contributed by atoms with Crippen LogP contribution in [0, 0.1) is 29.0 Å². The van der Waals surface area contributed by atoms with Crippen molar-refractivity contribution in [3.8, 4) is 17.2 Å². The monoisotopic (exact) mass is 456 g/mol. The van der Waals surface area contributed by atoms with Crippen molar-refractivity contribution in [2.75, 3.05) is 0 Å². The van der Waals surface area contributed by atoms with Crippen molar-refractivity contribution in [1.29, 1.82) is 5.26 Å². The summed E-state index contributed by atoms with van der Waals surface area (Å²) in [4.78, 5) is 12.8. The van der Waals surface area contributed by atoms with Gasteiger partial charge in [-0.1, -0.05) is 30.8 Å². The molecule has 2 aliphatic carbocycles. The number of benzene rings is 2. The molecule has 2 aromatic carbocycles. The largest absolute Gasteiger partial charge is 0.483 e. The van der Waals surface area contributed by atoms with Gasteiger partial charge in [-0.15, -0.1) is 0 Å². The van der Waals surface area contributed by atoms with Crippen molar-refractivity contribution < 1.29 is 13.9 Å². The number of nitrogens with zero attached hydrogens (tertiary/aromatic N) is 1. The van der Waals surface area contributed by atoms with Gasteiger partial charge in [-0.05, 0) is 79.7 Å². The predicted molar refractivity (Wildman–Crippen MR) is 128 cm³/mol. The first-order valence-corrected chi connectivity index (χ1v) is 12.5. The summed E-state index contributed by atoms with van der Waals surface area (Å²) in [7, 11) is 0. The molecule has 2 bridgehead atoms. The molecule has 2 aliphatic heterocycles. The van der Waals surface area contributed by atoms with Gasteiger partial charge in [-0.2, -0.15) is 5.26 Å². The Bertz CT molecular complexity index is 1230. The average molecular weight is 457 g/mol. The number of nitriles is 1. The molecule has 174 valence electrons. The van der Waals surface area contributed by atoms with E-state index in [1.165, 1.54) is 0 Å². The van der Waals surface area contributed by atoms with Crippen molar-refractivity contribution in [2.24, 2.45) is 11.8 Å². The van der Waals surface area contributed by atoms with Crippen LogP contribution >= 0.6 is 0 Å². The van der Waals surface area contributed by atoms with Gasteiger partial charge in [-0.3, -0.25) is 4.79 Å². The average Bonchev–Trinajstić information content (AvgIpc) is 3.52. The lowest BCUT2D eigenvalue weighted by Gasteiger charge is -2.38. The number of halogens is 1. The third-order valence-corrected chi connectivity index (χ3v) is 8.48. The highest BCUT2D eigenvalue weighted by atomic mass is 19.1. The van der Waals surface area contributed by atoms with Gasteiger partial charge in [0.05, 0.1) is 18.0 Å². The predicted octanol–water partition coefficient (Wildman–Crippen LogP) is 5.65. The summed E-state index contributed by atoms with van der Waals surface area (Å²) in [6, 6.07) is 13.9. The molecule has 2 saturated carbocycles. The summed E-state index contributed by atoms with van der Waals surface area (Å²) >= 11 is 0. The van der Waals surface area contributed by atoms with E-state index in [9.17, 15) is 10.1 Å². The quantitative estimate of drug-likeness (QED) is 0.610. The molecule has 2 aromatic rings. The number of nitrogens with one attached hydrogen (secondary N) is 1. The van der Waals surface area contributed by atoms with Crippen molar-refractivity contribution in [3.63, 3.8) is 0 Å². The fraction of sp³-hybridized carbons (Fsp3) is 0.448. The Balaban J connectivity index is 1.18. The maximum Gasteiger partial charge on any atom is 0.151 e. The van der Waals surface area contributed by atoms with E-state index in [0.717, 1.165) is 66.5 Å². The first-order chi connectivity index (χ1) is 16.5. The molecule has 4 atom stereocenters. The Morgan fingerprint density at radius 3 is 2.68 bits per heavy atom. The molecule has 34 heavy (non-hydrogen) atoms. The molecule has 4 nitrogen and oxygen atoms in total. The lowest BCUT2D eigenvalue weighted by molar-refractivity contribution is -0.122. The zero-order valence-corrected chi connectivity index (χ0v) is 19.3. The Labute approximate surface area is 199 Å². The lowest BCUT2D eigenvalue weighted by Crippen LogP contribution is -2.42. The smallest absolute Gasteiger partial charge is 0.151 e. The van der Waals surface area contributed by atoms with Crippen LogP contribution in [0.25, 0.3) is 16.9 Å². The number of hydrogen-bond donors (Lipinski definition) is 1. The second-order valence-electron chi connectivity index (χ2n) is 10.6. The minimum Gasteiger partial charge on any atom is -0.483 e. The zero-order chi connectivity index (χ0) is 23.4. The number of fused-ring (bicyclic) bond motifs is 4. The van der Waals surface area contributed by atoms with E-state index in [2.05, 4.69) is 24.0 Å². The maximum absolute atomic E-state index is 15.1.